The van der Waals surface area contributed by atoms with E-state index in [0.717, 1.165) is 56.5 Å². The zero-order chi connectivity index (χ0) is 19.7. The van der Waals surface area contributed by atoms with Gasteiger partial charge in [-0.25, -0.2) is 4.98 Å². The van der Waals surface area contributed by atoms with E-state index in [-0.39, 0.29) is 12.4 Å². The van der Waals surface area contributed by atoms with Gasteiger partial charge in [0.2, 0.25) is 11.8 Å². The van der Waals surface area contributed by atoms with Gasteiger partial charge in [0, 0.05) is 51.0 Å². The lowest BCUT2D eigenvalue weighted by molar-refractivity contribution is -0.157. The van der Waals surface area contributed by atoms with Crippen molar-refractivity contribution >= 4 is 11.8 Å². The molecule has 0 aliphatic carbocycles. The molecule has 2 saturated heterocycles. The smallest absolute Gasteiger partial charge is 0.416 e. The maximum atomic E-state index is 12.6. The minimum absolute atomic E-state index is 0.0185. The minimum Gasteiger partial charge on any atom is -0.416 e. The Hall–Kier alpha value is -2.43. The first kappa shape index (κ1) is 18.9. The van der Waals surface area contributed by atoms with E-state index in [0.29, 0.717) is 13.1 Å². The van der Waals surface area contributed by atoms with E-state index in [1.807, 2.05) is 17.9 Å². The first-order valence-electron chi connectivity index (χ1n) is 9.36. The number of piperazine rings is 1. The lowest BCUT2D eigenvalue weighted by atomic mass is 10.3. The van der Waals surface area contributed by atoms with Crippen molar-refractivity contribution in [3.63, 3.8) is 0 Å². The van der Waals surface area contributed by atoms with Gasteiger partial charge in [0.05, 0.1) is 6.54 Å². The molecule has 8 nitrogen and oxygen atoms in total. The molecule has 2 aliphatic heterocycles. The van der Waals surface area contributed by atoms with Crippen molar-refractivity contribution in [2.75, 3.05) is 49.1 Å². The number of anilines is 2. The van der Waals surface area contributed by atoms with Crippen LogP contribution >= 0.6 is 0 Å². The van der Waals surface area contributed by atoms with Crippen LogP contribution in [0, 0.1) is 6.92 Å². The number of aromatic nitrogens is 4. The van der Waals surface area contributed by atoms with Crippen LogP contribution in [0.4, 0.5) is 24.9 Å². The lowest BCUT2D eigenvalue weighted by Gasteiger charge is -2.35. The number of alkyl halides is 3. The number of nitrogens with zero attached hydrogens (tertiary/aromatic N) is 7. The highest BCUT2D eigenvalue weighted by Gasteiger charge is 2.38. The molecule has 0 atom stereocenters. The standard InChI is InChI=1S/C17H22F3N7O/c1-12-10-13(22-16(21-12)27-4-2-3-5-27)26-8-6-25(7-9-26)11-14-23-24-15(28-14)17(18,19)20/h10H,2-9,11H2,1H3. The summed E-state index contributed by atoms with van der Waals surface area (Å²) in [5.74, 6) is 0.355. The van der Waals surface area contributed by atoms with E-state index in [2.05, 4.69) is 25.0 Å². The Morgan fingerprint density at radius 1 is 0.964 bits per heavy atom. The third kappa shape index (κ3) is 4.18. The molecule has 0 saturated carbocycles. The number of aryl methyl sites for hydroxylation is 1. The van der Waals surface area contributed by atoms with E-state index < -0.39 is 12.1 Å². The molecule has 152 valence electrons. The third-order valence-corrected chi connectivity index (χ3v) is 4.98. The van der Waals surface area contributed by atoms with Crippen molar-refractivity contribution in [2.45, 2.75) is 32.5 Å². The molecule has 2 aromatic heterocycles. The summed E-state index contributed by atoms with van der Waals surface area (Å²) >= 11 is 0. The molecule has 0 spiro atoms. The molecule has 28 heavy (non-hydrogen) atoms. The van der Waals surface area contributed by atoms with E-state index in [4.69, 9.17) is 9.40 Å². The molecule has 0 bridgehead atoms. The predicted molar refractivity (Wildman–Crippen MR) is 95.0 cm³/mol. The Kier molecular flexibility index (Phi) is 5.09. The van der Waals surface area contributed by atoms with Crippen LogP contribution < -0.4 is 9.80 Å². The highest BCUT2D eigenvalue weighted by molar-refractivity contribution is 5.46. The maximum Gasteiger partial charge on any atom is 0.470 e. The van der Waals surface area contributed by atoms with Crippen LogP contribution in [-0.4, -0.2) is 64.3 Å². The second-order valence-electron chi connectivity index (χ2n) is 7.12. The summed E-state index contributed by atoms with van der Waals surface area (Å²) in [6.45, 7) is 6.93. The van der Waals surface area contributed by atoms with Crippen molar-refractivity contribution in [2.24, 2.45) is 0 Å². The maximum absolute atomic E-state index is 12.6. The average molecular weight is 397 g/mol. The Bertz CT molecular complexity index is 811. The largest absolute Gasteiger partial charge is 0.470 e. The van der Waals surface area contributed by atoms with Gasteiger partial charge < -0.3 is 14.2 Å². The number of hydrogen-bond donors (Lipinski definition) is 0. The van der Waals surface area contributed by atoms with E-state index >= 15 is 0 Å². The molecule has 0 amide bonds. The molecule has 2 aromatic rings. The van der Waals surface area contributed by atoms with Crippen molar-refractivity contribution < 1.29 is 17.6 Å². The first-order chi connectivity index (χ1) is 13.4. The fourth-order valence-corrected chi connectivity index (χ4v) is 3.52. The van der Waals surface area contributed by atoms with E-state index in [9.17, 15) is 13.2 Å². The summed E-state index contributed by atoms with van der Waals surface area (Å²) in [5.41, 5.74) is 0.930. The number of rotatable bonds is 4. The summed E-state index contributed by atoms with van der Waals surface area (Å²) in [7, 11) is 0. The normalized spacial score (nSPS) is 18.9. The number of hydrogen-bond acceptors (Lipinski definition) is 8. The molecular weight excluding hydrogens is 375 g/mol. The van der Waals surface area contributed by atoms with Gasteiger partial charge >= 0.3 is 12.1 Å². The van der Waals surface area contributed by atoms with Crippen LogP contribution in [0.2, 0.25) is 0 Å². The molecule has 2 aliphatic rings. The Morgan fingerprint density at radius 2 is 1.68 bits per heavy atom. The minimum atomic E-state index is -4.61. The Morgan fingerprint density at radius 3 is 2.32 bits per heavy atom. The van der Waals surface area contributed by atoms with Gasteiger partial charge in [-0.15, -0.1) is 10.2 Å². The predicted octanol–water partition coefficient (Wildman–Crippen LogP) is 2.11. The van der Waals surface area contributed by atoms with Gasteiger partial charge in [-0.1, -0.05) is 0 Å². The fraction of sp³-hybridized carbons (Fsp3) is 0.647. The quantitative estimate of drug-likeness (QED) is 0.777. The van der Waals surface area contributed by atoms with Crippen LogP contribution in [0.15, 0.2) is 10.5 Å². The summed E-state index contributed by atoms with van der Waals surface area (Å²) in [6, 6.07) is 1.98. The molecule has 0 unspecified atom stereocenters. The van der Waals surface area contributed by atoms with Gasteiger partial charge in [0.1, 0.15) is 5.82 Å². The van der Waals surface area contributed by atoms with Crippen molar-refractivity contribution in [3.05, 3.63) is 23.5 Å². The molecular formula is C17H22F3N7O. The highest BCUT2D eigenvalue weighted by atomic mass is 19.4. The van der Waals surface area contributed by atoms with Crippen LogP contribution in [0.25, 0.3) is 0 Å². The zero-order valence-corrected chi connectivity index (χ0v) is 15.6. The Labute approximate surface area is 160 Å². The Balaban J connectivity index is 1.37. The van der Waals surface area contributed by atoms with E-state index in [1.165, 1.54) is 0 Å². The topological polar surface area (TPSA) is 74.4 Å². The van der Waals surface area contributed by atoms with Gasteiger partial charge in [0.25, 0.3) is 0 Å². The molecule has 11 heteroatoms. The zero-order valence-electron chi connectivity index (χ0n) is 15.6. The average Bonchev–Trinajstić information content (AvgIpc) is 3.33. The lowest BCUT2D eigenvalue weighted by Crippen LogP contribution is -2.46. The van der Waals surface area contributed by atoms with E-state index in [1.54, 1.807) is 0 Å². The van der Waals surface area contributed by atoms with Crippen LogP contribution in [0.1, 0.15) is 30.3 Å². The first-order valence-corrected chi connectivity index (χ1v) is 9.36. The third-order valence-electron chi connectivity index (χ3n) is 4.98. The second-order valence-corrected chi connectivity index (χ2v) is 7.12. The summed E-state index contributed by atoms with van der Waals surface area (Å²) in [5, 5.41) is 6.58. The molecule has 0 aromatic carbocycles. The van der Waals surface area contributed by atoms with Crippen molar-refractivity contribution in [1.29, 1.82) is 0 Å². The van der Waals surface area contributed by atoms with Crippen LogP contribution in [0.5, 0.6) is 0 Å². The SMILES string of the molecule is Cc1cc(N2CCN(Cc3nnc(C(F)(F)F)o3)CC2)nc(N2CCCC2)n1. The summed E-state index contributed by atoms with van der Waals surface area (Å²) in [6.07, 6.45) is -2.28. The second kappa shape index (κ2) is 7.53. The van der Waals surface area contributed by atoms with Crippen molar-refractivity contribution in [3.8, 4) is 0 Å². The van der Waals surface area contributed by atoms with Gasteiger partial charge in [-0.3, -0.25) is 4.90 Å². The molecule has 2 fully saturated rings. The molecule has 4 rings (SSSR count). The summed E-state index contributed by atoms with van der Waals surface area (Å²) in [4.78, 5) is 15.7. The van der Waals surface area contributed by atoms with Crippen molar-refractivity contribution in [1.82, 2.24) is 25.1 Å². The van der Waals surface area contributed by atoms with Crippen LogP contribution in [0.3, 0.4) is 0 Å². The van der Waals surface area contributed by atoms with Gasteiger partial charge in [-0.2, -0.15) is 18.2 Å². The monoisotopic (exact) mass is 397 g/mol. The fourth-order valence-electron chi connectivity index (χ4n) is 3.52. The van der Waals surface area contributed by atoms with Gasteiger partial charge in [-0.05, 0) is 19.8 Å². The van der Waals surface area contributed by atoms with Gasteiger partial charge in [0.15, 0.2) is 0 Å². The molecule has 0 radical (unpaired) electrons. The number of halogens is 3. The highest BCUT2D eigenvalue weighted by Crippen LogP contribution is 2.28. The molecule has 0 N–H and O–H groups in total. The molecule has 4 heterocycles. The van der Waals surface area contributed by atoms with Crippen LogP contribution in [-0.2, 0) is 12.7 Å². The summed E-state index contributed by atoms with van der Waals surface area (Å²) < 4.78 is 42.4.